The third-order valence-corrected chi connectivity index (χ3v) is 3.13. The van der Waals surface area contributed by atoms with Crippen LogP contribution < -0.4 is 19.9 Å². The zero-order valence-corrected chi connectivity index (χ0v) is 12.7. The van der Waals surface area contributed by atoms with Gasteiger partial charge in [0.15, 0.2) is 6.10 Å². The van der Waals surface area contributed by atoms with E-state index in [1.165, 1.54) is 24.3 Å². The standard InChI is InChI=1S/C17H17NO5/c1-11(23-15-9-7-14(22-2)8-10-15)16(19)18-13-5-3-12(4-6-13)17(20)21/h3-11H,1-2H3,(H,18,19)(H,20,21)/p-1/t11-/m0/s1. The van der Waals surface area contributed by atoms with Crippen LogP contribution in [0.15, 0.2) is 48.5 Å². The van der Waals surface area contributed by atoms with Crippen LogP contribution in [0.1, 0.15) is 17.3 Å². The van der Waals surface area contributed by atoms with Gasteiger partial charge in [0.1, 0.15) is 11.5 Å². The predicted molar refractivity (Wildman–Crippen MR) is 82.5 cm³/mol. The monoisotopic (exact) mass is 314 g/mol. The predicted octanol–water partition coefficient (Wildman–Crippen LogP) is 1.46. The summed E-state index contributed by atoms with van der Waals surface area (Å²) in [6.45, 7) is 1.62. The number of rotatable bonds is 6. The summed E-state index contributed by atoms with van der Waals surface area (Å²) >= 11 is 0. The van der Waals surface area contributed by atoms with Gasteiger partial charge >= 0.3 is 0 Å². The molecule has 2 rings (SSSR count). The van der Waals surface area contributed by atoms with Crippen molar-refractivity contribution in [3.8, 4) is 11.5 Å². The molecule has 1 amide bonds. The number of ether oxygens (including phenoxy) is 2. The molecule has 6 nitrogen and oxygen atoms in total. The summed E-state index contributed by atoms with van der Waals surface area (Å²) in [5.74, 6) is -0.371. The Bertz CT molecular complexity index is 679. The van der Waals surface area contributed by atoms with E-state index in [0.29, 0.717) is 17.2 Å². The molecule has 0 aliphatic carbocycles. The highest BCUT2D eigenvalue weighted by molar-refractivity contribution is 5.94. The minimum absolute atomic E-state index is 0.0468. The molecule has 1 N–H and O–H groups in total. The Morgan fingerprint density at radius 1 is 1.00 bits per heavy atom. The van der Waals surface area contributed by atoms with Crippen molar-refractivity contribution in [1.82, 2.24) is 0 Å². The normalized spacial score (nSPS) is 11.4. The lowest BCUT2D eigenvalue weighted by Crippen LogP contribution is -2.30. The Kier molecular flexibility index (Phi) is 5.19. The second-order valence-corrected chi connectivity index (χ2v) is 4.79. The van der Waals surface area contributed by atoms with Gasteiger partial charge in [0.2, 0.25) is 0 Å². The maximum absolute atomic E-state index is 12.1. The number of benzene rings is 2. The van der Waals surface area contributed by atoms with E-state index in [0.717, 1.165) is 0 Å². The summed E-state index contributed by atoms with van der Waals surface area (Å²) in [7, 11) is 1.57. The second kappa shape index (κ2) is 7.31. The van der Waals surface area contributed by atoms with Crippen molar-refractivity contribution < 1.29 is 24.2 Å². The number of carbonyl (C=O) groups excluding carboxylic acids is 2. The van der Waals surface area contributed by atoms with Gasteiger partial charge in [-0.3, -0.25) is 4.79 Å². The lowest BCUT2D eigenvalue weighted by molar-refractivity contribution is -0.255. The number of aromatic carboxylic acids is 1. The quantitative estimate of drug-likeness (QED) is 0.872. The molecule has 0 unspecified atom stereocenters. The highest BCUT2D eigenvalue weighted by atomic mass is 16.5. The van der Waals surface area contributed by atoms with Gasteiger partial charge in [-0.15, -0.1) is 0 Å². The van der Waals surface area contributed by atoms with Crippen LogP contribution in [0.2, 0.25) is 0 Å². The molecular formula is C17H16NO5-. The van der Waals surface area contributed by atoms with Gasteiger partial charge in [0.05, 0.1) is 13.1 Å². The Labute approximate surface area is 133 Å². The molecule has 0 saturated carbocycles. The first kappa shape index (κ1) is 16.4. The Hall–Kier alpha value is -3.02. The molecule has 1 atom stereocenters. The first-order valence-corrected chi connectivity index (χ1v) is 6.92. The molecule has 0 aromatic heterocycles. The molecule has 2 aromatic rings. The summed E-state index contributed by atoms with van der Waals surface area (Å²) in [6.07, 6.45) is -0.718. The molecule has 0 saturated heterocycles. The number of carbonyl (C=O) groups is 2. The third kappa shape index (κ3) is 4.47. The van der Waals surface area contributed by atoms with E-state index >= 15 is 0 Å². The number of amides is 1. The number of anilines is 1. The zero-order valence-electron chi connectivity index (χ0n) is 12.7. The van der Waals surface area contributed by atoms with Gasteiger partial charge in [0, 0.05) is 5.69 Å². The maximum atomic E-state index is 12.1. The molecule has 0 aliphatic rings. The molecule has 2 aromatic carbocycles. The number of methoxy groups -OCH3 is 1. The summed E-state index contributed by atoms with van der Waals surface area (Å²) in [4.78, 5) is 22.7. The molecule has 0 aliphatic heterocycles. The van der Waals surface area contributed by atoms with Crippen molar-refractivity contribution in [1.29, 1.82) is 0 Å². The number of carboxylic acid groups (broad SMARTS) is 1. The SMILES string of the molecule is COc1ccc(O[C@@H](C)C(=O)Nc2ccc(C(=O)[O-])cc2)cc1. The fourth-order valence-corrected chi connectivity index (χ4v) is 1.85. The van der Waals surface area contributed by atoms with Gasteiger partial charge in [-0.2, -0.15) is 0 Å². The minimum Gasteiger partial charge on any atom is -0.545 e. The number of hydrogen-bond donors (Lipinski definition) is 1. The summed E-state index contributed by atoms with van der Waals surface area (Å²) in [5, 5.41) is 13.3. The second-order valence-electron chi connectivity index (χ2n) is 4.79. The first-order valence-electron chi connectivity index (χ1n) is 6.92. The summed E-state index contributed by atoms with van der Waals surface area (Å²) in [6, 6.07) is 12.6. The van der Waals surface area contributed by atoms with Gasteiger partial charge in [-0.25, -0.2) is 0 Å². The fourth-order valence-electron chi connectivity index (χ4n) is 1.85. The van der Waals surface area contributed by atoms with E-state index in [-0.39, 0.29) is 11.5 Å². The molecule has 23 heavy (non-hydrogen) atoms. The van der Waals surface area contributed by atoms with Gasteiger partial charge in [0.25, 0.3) is 5.91 Å². The molecule has 6 heteroatoms. The highest BCUT2D eigenvalue weighted by Crippen LogP contribution is 2.18. The molecule has 0 radical (unpaired) electrons. The van der Waals surface area contributed by atoms with E-state index in [4.69, 9.17) is 9.47 Å². The molecule has 0 spiro atoms. The topological polar surface area (TPSA) is 87.7 Å². The maximum Gasteiger partial charge on any atom is 0.265 e. The lowest BCUT2D eigenvalue weighted by atomic mass is 10.2. The van der Waals surface area contributed by atoms with Crippen LogP contribution in [0.25, 0.3) is 0 Å². The summed E-state index contributed by atoms with van der Waals surface area (Å²) < 4.78 is 10.6. The minimum atomic E-state index is -1.26. The molecule has 0 fully saturated rings. The van der Waals surface area contributed by atoms with E-state index in [9.17, 15) is 14.7 Å². The van der Waals surface area contributed by atoms with E-state index < -0.39 is 12.1 Å². The van der Waals surface area contributed by atoms with Gasteiger partial charge in [-0.05, 0) is 48.9 Å². The highest BCUT2D eigenvalue weighted by Gasteiger charge is 2.15. The van der Waals surface area contributed by atoms with Crippen molar-refractivity contribution in [2.45, 2.75) is 13.0 Å². The summed E-state index contributed by atoms with van der Waals surface area (Å²) in [5.41, 5.74) is 0.524. The molecule has 0 heterocycles. The van der Waals surface area contributed by atoms with Gasteiger partial charge in [-0.1, -0.05) is 12.1 Å². The number of carboxylic acids is 1. The average molecular weight is 314 g/mol. The van der Waals surface area contributed by atoms with Crippen LogP contribution in [-0.4, -0.2) is 25.1 Å². The van der Waals surface area contributed by atoms with Crippen LogP contribution in [0.5, 0.6) is 11.5 Å². The van der Waals surface area contributed by atoms with E-state index in [1.54, 1.807) is 38.3 Å². The Morgan fingerprint density at radius 2 is 1.57 bits per heavy atom. The van der Waals surface area contributed by atoms with E-state index in [1.807, 2.05) is 0 Å². The van der Waals surface area contributed by atoms with Crippen LogP contribution in [0, 0.1) is 0 Å². The van der Waals surface area contributed by atoms with Crippen LogP contribution >= 0.6 is 0 Å². The smallest absolute Gasteiger partial charge is 0.265 e. The molecule has 120 valence electrons. The zero-order chi connectivity index (χ0) is 16.8. The van der Waals surface area contributed by atoms with Crippen LogP contribution in [0.4, 0.5) is 5.69 Å². The fraction of sp³-hybridized carbons (Fsp3) is 0.176. The lowest BCUT2D eigenvalue weighted by Gasteiger charge is -2.15. The van der Waals surface area contributed by atoms with Gasteiger partial charge < -0.3 is 24.7 Å². The number of hydrogen-bond acceptors (Lipinski definition) is 5. The van der Waals surface area contributed by atoms with Crippen LogP contribution in [-0.2, 0) is 4.79 Å². The molecular weight excluding hydrogens is 298 g/mol. The number of nitrogens with one attached hydrogen (secondary N) is 1. The Balaban J connectivity index is 1.94. The van der Waals surface area contributed by atoms with Crippen LogP contribution in [0.3, 0.4) is 0 Å². The largest absolute Gasteiger partial charge is 0.545 e. The average Bonchev–Trinajstić information content (AvgIpc) is 2.56. The van der Waals surface area contributed by atoms with Crippen molar-refractivity contribution in [3.05, 3.63) is 54.1 Å². The van der Waals surface area contributed by atoms with E-state index in [2.05, 4.69) is 5.32 Å². The van der Waals surface area contributed by atoms with Crippen molar-refractivity contribution in [3.63, 3.8) is 0 Å². The first-order chi connectivity index (χ1) is 11.0. The third-order valence-electron chi connectivity index (χ3n) is 3.13. The molecule has 0 bridgehead atoms. The van der Waals surface area contributed by atoms with Crippen molar-refractivity contribution in [2.75, 3.05) is 12.4 Å². The Morgan fingerprint density at radius 3 is 2.09 bits per heavy atom. The van der Waals surface area contributed by atoms with Crippen molar-refractivity contribution in [2.24, 2.45) is 0 Å². The van der Waals surface area contributed by atoms with Crippen molar-refractivity contribution >= 4 is 17.6 Å².